The summed E-state index contributed by atoms with van der Waals surface area (Å²) in [4.78, 5) is 11.9. The van der Waals surface area contributed by atoms with Crippen molar-refractivity contribution in [2.24, 2.45) is 0 Å². The van der Waals surface area contributed by atoms with Crippen LogP contribution in [0.2, 0.25) is 0 Å². The highest BCUT2D eigenvalue weighted by molar-refractivity contribution is 7.19. The Balaban J connectivity index is 1.72. The molecule has 0 unspecified atom stereocenters. The number of benzene rings is 2. The number of thiophene rings is 1. The fourth-order valence-corrected chi connectivity index (χ4v) is 4.49. The molecule has 7 heteroatoms. The third-order valence-electron chi connectivity index (χ3n) is 5.08. The first-order valence-corrected chi connectivity index (χ1v) is 11.3. The summed E-state index contributed by atoms with van der Waals surface area (Å²) in [5.74, 6) is 0.332. The Morgan fingerprint density at radius 1 is 1.06 bits per heavy atom. The number of hydrogen-bond acceptors (Lipinski definition) is 7. The average molecular weight is 457 g/mol. The van der Waals surface area contributed by atoms with Crippen LogP contribution in [0.15, 0.2) is 60.7 Å². The number of carbonyl (C=O) groups is 1. The van der Waals surface area contributed by atoms with E-state index in [-0.39, 0.29) is 25.4 Å². The number of aliphatic hydroxyl groups is 3. The second kappa shape index (κ2) is 11.8. The van der Waals surface area contributed by atoms with Gasteiger partial charge >= 0.3 is 5.97 Å². The molecule has 0 aliphatic rings. The maximum atomic E-state index is 11.2. The Bertz CT molecular complexity index is 1030. The van der Waals surface area contributed by atoms with Gasteiger partial charge in [0, 0.05) is 21.4 Å². The third-order valence-corrected chi connectivity index (χ3v) is 6.37. The lowest BCUT2D eigenvalue weighted by atomic mass is 10.0. The first kappa shape index (κ1) is 23.9. The normalized spacial score (nSPS) is 14.4. The lowest BCUT2D eigenvalue weighted by Crippen LogP contribution is -2.23. The van der Waals surface area contributed by atoms with Gasteiger partial charge in [0.15, 0.2) is 0 Å². The van der Waals surface area contributed by atoms with E-state index in [9.17, 15) is 20.1 Å². The first-order valence-electron chi connectivity index (χ1n) is 10.5. The molecule has 3 N–H and O–H groups in total. The number of carbonyl (C=O) groups excluding carboxylic acids is 1. The van der Waals surface area contributed by atoms with Gasteiger partial charge in [0.2, 0.25) is 0 Å². The molecule has 0 radical (unpaired) electrons. The molecule has 0 fully saturated rings. The Morgan fingerprint density at radius 2 is 1.78 bits per heavy atom. The number of fused-ring (bicyclic) bond motifs is 1. The van der Waals surface area contributed by atoms with Gasteiger partial charge in [-0.05, 0) is 36.6 Å². The molecule has 3 rings (SSSR count). The van der Waals surface area contributed by atoms with Crippen LogP contribution in [0.3, 0.4) is 0 Å². The second-order valence-electron chi connectivity index (χ2n) is 7.40. The van der Waals surface area contributed by atoms with Crippen molar-refractivity contribution in [3.8, 4) is 5.75 Å². The molecule has 0 saturated carbocycles. The van der Waals surface area contributed by atoms with Gasteiger partial charge in [-0.3, -0.25) is 4.79 Å². The van der Waals surface area contributed by atoms with Gasteiger partial charge in [0.25, 0.3) is 0 Å². The van der Waals surface area contributed by atoms with Crippen molar-refractivity contribution in [2.45, 2.75) is 37.6 Å². The van der Waals surface area contributed by atoms with Gasteiger partial charge < -0.3 is 24.8 Å². The number of esters is 1. The summed E-state index contributed by atoms with van der Waals surface area (Å²) < 4.78 is 11.3. The SMILES string of the molecule is COC(=O)CCC[C@H](O)[C@H](O)/C=C/c1c([C@@H](O)COc2ccccc2)sc2ccccc12. The van der Waals surface area contributed by atoms with Crippen molar-refractivity contribution in [1.82, 2.24) is 0 Å². The predicted molar refractivity (Wildman–Crippen MR) is 126 cm³/mol. The van der Waals surface area contributed by atoms with E-state index < -0.39 is 18.3 Å². The zero-order valence-electron chi connectivity index (χ0n) is 17.9. The van der Waals surface area contributed by atoms with E-state index in [4.69, 9.17) is 4.74 Å². The molecule has 0 amide bonds. The van der Waals surface area contributed by atoms with Crippen molar-refractivity contribution >= 4 is 33.5 Å². The van der Waals surface area contributed by atoms with Crippen LogP contribution in [-0.4, -0.2) is 47.2 Å². The van der Waals surface area contributed by atoms with Gasteiger partial charge in [-0.1, -0.05) is 48.6 Å². The minimum atomic E-state index is -1.10. The molecule has 0 aliphatic heterocycles. The standard InChI is InChI=1S/C25H28O6S/c1-30-24(29)13-7-11-20(26)21(27)15-14-19-18-10-5-6-12-23(18)32-25(19)22(28)16-31-17-8-3-2-4-9-17/h2-6,8-10,12,14-15,20-22,26-28H,7,11,13,16H2,1H3/b15-14+/t20-,21+,22-/m0/s1. The quantitative estimate of drug-likeness (QED) is 0.376. The molecule has 0 bridgehead atoms. The van der Waals surface area contributed by atoms with E-state index in [0.29, 0.717) is 12.2 Å². The molecule has 6 nitrogen and oxygen atoms in total. The van der Waals surface area contributed by atoms with Crippen molar-refractivity contribution in [2.75, 3.05) is 13.7 Å². The van der Waals surface area contributed by atoms with Crippen LogP contribution < -0.4 is 4.74 Å². The highest BCUT2D eigenvalue weighted by atomic mass is 32.1. The molecule has 0 saturated heterocycles. The molecular formula is C25H28O6S. The van der Waals surface area contributed by atoms with Crippen molar-refractivity contribution in [3.63, 3.8) is 0 Å². The average Bonchev–Trinajstić information content (AvgIpc) is 3.20. The maximum Gasteiger partial charge on any atom is 0.305 e. The highest BCUT2D eigenvalue weighted by Gasteiger charge is 2.19. The van der Waals surface area contributed by atoms with Gasteiger partial charge in [-0.2, -0.15) is 0 Å². The molecular weight excluding hydrogens is 428 g/mol. The topological polar surface area (TPSA) is 96.2 Å². The molecule has 0 aliphatic carbocycles. The molecule has 1 heterocycles. The predicted octanol–water partition coefficient (Wildman–Crippen LogP) is 4.09. The van der Waals surface area contributed by atoms with E-state index in [1.54, 1.807) is 6.08 Å². The van der Waals surface area contributed by atoms with Crippen LogP contribution in [0.1, 0.15) is 35.8 Å². The van der Waals surface area contributed by atoms with Crippen molar-refractivity contribution in [3.05, 3.63) is 71.1 Å². The van der Waals surface area contributed by atoms with Crippen LogP contribution in [-0.2, 0) is 9.53 Å². The number of rotatable bonds is 11. The number of hydrogen-bond donors (Lipinski definition) is 3. The van der Waals surface area contributed by atoms with E-state index in [0.717, 1.165) is 20.5 Å². The first-order chi connectivity index (χ1) is 15.5. The van der Waals surface area contributed by atoms with Crippen LogP contribution in [0.4, 0.5) is 0 Å². The largest absolute Gasteiger partial charge is 0.490 e. The second-order valence-corrected chi connectivity index (χ2v) is 8.49. The number of ether oxygens (including phenoxy) is 2. The van der Waals surface area contributed by atoms with E-state index in [1.165, 1.54) is 24.5 Å². The Morgan fingerprint density at radius 3 is 2.53 bits per heavy atom. The fourth-order valence-electron chi connectivity index (χ4n) is 3.32. The van der Waals surface area contributed by atoms with Crippen LogP contribution in [0.25, 0.3) is 16.2 Å². The smallest absolute Gasteiger partial charge is 0.305 e. The lowest BCUT2D eigenvalue weighted by Gasteiger charge is -2.15. The summed E-state index contributed by atoms with van der Waals surface area (Å²) in [5, 5.41) is 32.3. The molecule has 2 aromatic carbocycles. The van der Waals surface area contributed by atoms with Crippen LogP contribution in [0, 0.1) is 0 Å². The monoisotopic (exact) mass is 456 g/mol. The zero-order valence-corrected chi connectivity index (χ0v) is 18.7. The number of methoxy groups -OCH3 is 1. The lowest BCUT2D eigenvalue weighted by molar-refractivity contribution is -0.140. The Kier molecular flexibility index (Phi) is 8.81. The molecule has 0 spiro atoms. The van der Waals surface area contributed by atoms with E-state index >= 15 is 0 Å². The fraction of sp³-hybridized carbons (Fsp3) is 0.320. The summed E-state index contributed by atoms with van der Waals surface area (Å²) in [5.41, 5.74) is 0.788. The minimum absolute atomic E-state index is 0.0936. The van der Waals surface area contributed by atoms with Crippen molar-refractivity contribution in [1.29, 1.82) is 0 Å². The molecule has 3 aromatic rings. The maximum absolute atomic E-state index is 11.2. The minimum Gasteiger partial charge on any atom is -0.490 e. The van der Waals surface area contributed by atoms with Gasteiger partial charge in [0.05, 0.1) is 19.3 Å². The van der Waals surface area contributed by atoms with E-state index in [2.05, 4.69) is 4.74 Å². The summed E-state index contributed by atoms with van der Waals surface area (Å²) in [6.07, 6.45) is 1.17. The van der Waals surface area contributed by atoms with Crippen LogP contribution in [0.5, 0.6) is 5.75 Å². The third kappa shape index (κ3) is 6.40. The van der Waals surface area contributed by atoms with Crippen LogP contribution >= 0.6 is 11.3 Å². The number of para-hydroxylation sites is 1. The Hall–Kier alpha value is -2.71. The number of aliphatic hydroxyl groups excluding tert-OH is 3. The van der Waals surface area contributed by atoms with Gasteiger partial charge in [0.1, 0.15) is 18.5 Å². The summed E-state index contributed by atoms with van der Waals surface area (Å²) in [6.45, 7) is 0.0936. The molecule has 170 valence electrons. The van der Waals surface area contributed by atoms with Crippen molar-refractivity contribution < 1.29 is 29.6 Å². The zero-order chi connectivity index (χ0) is 22.9. The van der Waals surface area contributed by atoms with Gasteiger partial charge in [-0.15, -0.1) is 11.3 Å². The summed E-state index contributed by atoms with van der Waals surface area (Å²) in [6, 6.07) is 17.1. The molecule has 1 aromatic heterocycles. The van der Waals surface area contributed by atoms with E-state index in [1.807, 2.05) is 54.6 Å². The summed E-state index contributed by atoms with van der Waals surface area (Å²) in [7, 11) is 1.32. The van der Waals surface area contributed by atoms with Gasteiger partial charge in [-0.25, -0.2) is 0 Å². The highest BCUT2D eigenvalue weighted by Crippen LogP contribution is 2.36. The summed E-state index contributed by atoms with van der Waals surface area (Å²) >= 11 is 1.47. The molecule has 32 heavy (non-hydrogen) atoms. The molecule has 3 atom stereocenters. The Labute approximate surface area is 191 Å².